The number of carbonyl (C=O) groups excluding carboxylic acids is 2. The molecule has 37 heavy (non-hydrogen) atoms. The molecular formula is C27H26ClN3O4S2. The molecule has 1 aliphatic rings. The maximum absolute atomic E-state index is 13.1. The zero-order valence-electron chi connectivity index (χ0n) is 19.9. The van der Waals surface area contributed by atoms with Crippen LogP contribution in [0.4, 0.5) is 0 Å². The van der Waals surface area contributed by atoms with Gasteiger partial charge in [0.25, 0.3) is 11.8 Å². The topological polar surface area (TPSA) is 83.8 Å². The van der Waals surface area contributed by atoms with Crippen molar-refractivity contribution in [1.82, 2.24) is 15.5 Å². The number of nitrogens with one attached hydrogen (secondary N) is 2. The molecule has 0 atom stereocenters. The summed E-state index contributed by atoms with van der Waals surface area (Å²) in [6, 6.07) is 19.7. The molecule has 0 saturated carbocycles. The monoisotopic (exact) mass is 555 g/mol. The van der Waals surface area contributed by atoms with Gasteiger partial charge in [0.2, 0.25) is 0 Å². The molecule has 2 aromatic carbocycles. The third-order valence-corrected chi connectivity index (χ3v) is 7.24. The highest BCUT2D eigenvalue weighted by atomic mass is 35.5. The fourth-order valence-electron chi connectivity index (χ4n) is 3.56. The summed E-state index contributed by atoms with van der Waals surface area (Å²) < 4.78 is 12.0. The lowest BCUT2D eigenvalue weighted by Gasteiger charge is -2.28. The van der Waals surface area contributed by atoms with Crippen molar-refractivity contribution in [2.24, 2.45) is 0 Å². The van der Waals surface area contributed by atoms with Gasteiger partial charge in [-0.25, -0.2) is 0 Å². The number of carbonyl (C=O) groups is 2. The summed E-state index contributed by atoms with van der Waals surface area (Å²) in [6.07, 6.45) is 2.05. The molecule has 10 heteroatoms. The van der Waals surface area contributed by atoms with Crippen molar-refractivity contribution < 1.29 is 18.7 Å². The number of halogens is 1. The maximum Gasteiger partial charge on any atom is 0.267 e. The fraction of sp³-hybridized carbons (Fsp3) is 0.222. The minimum Gasteiger partial charge on any atom is -0.450 e. The number of morpholine rings is 1. The van der Waals surface area contributed by atoms with Crippen molar-refractivity contribution in [3.63, 3.8) is 0 Å². The fourth-order valence-corrected chi connectivity index (χ4v) is 4.97. The van der Waals surface area contributed by atoms with Crippen molar-refractivity contribution in [1.29, 1.82) is 0 Å². The number of amides is 2. The first-order valence-corrected chi connectivity index (χ1v) is 13.3. The first kappa shape index (κ1) is 26.9. The number of nitrogens with zero attached hydrogens (tertiary/aromatic N) is 1. The van der Waals surface area contributed by atoms with Crippen LogP contribution in [0.15, 0.2) is 81.9 Å². The van der Waals surface area contributed by atoms with Gasteiger partial charge in [0.05, 0.1) is 13.2 Å². The van der Waals surface area contributed by atoms with Crippen molar-refractivity contribution in [2.75, 3.05) is 32.8 Å². The molecule has 2 amide bonds. The van der Waals surface area contributed by atoms with E-state index < -0.39 is 11.8 Å². The van der Waals surface area contributed by atoms with Crippen LogP contribution in [-0.2, 0) is 16.0 Å². The number of rotatable bonds is 8. The molecular weight excluding hydrogens is 530 g/mol. The van der Waals surface area contributed by atoms with Gasteiger partial charge in [0.1, 0.15) is 15.8 Å². The number of hydrogen-bond donors (Lipinski definition) is 2. The molecule has 0 unspecified atom stereocenters. The highest BCUT2D eigenvalue weighted by Crippen LogP contribution is 2.26. The molecule has 1 fully saturated rings. The Hall–Kier alpha value is -3.11. The van der Waals surface area contributed by atoms with Gasteiger partial charge in [0.15, 0.2) is 5.09 Å². The quantitative estimate of drug-likeness (QED) is 0.235. The second-order valence-corrected chi connectivity index (χ2v) is 10.1. The molecule has 4 rings (SSSR count). The average molecular weight is 556 g/mol. The number of ether oxygens (including phenoxy) is 1. The Morgan fingerprint density at radius 2 is 1.76 bits per heavy atom. The number of thiocarbonyl (C=S) groups is 1. The van der Waals surface area contributed by atoms with Gasteiger partial charge in [-0.2, -0.15) is 0 Å². The summed E-state index contributed by atoms with van der Waals surface area (Å²) in [6.45, 7) is 3.10. The number of thioether (sulfide) groups is 1. The van der Waals surface area contributed by atoms with E-state index >= 15 is 0 Å². The maximum atomic E-state index is 13.1. The van der Waals surface area contributed by atoms with Gasteiger partial charge in [0, 0.05) is 36.3 Å². The van der Waals surface area contributed by atoms with Crippen LogP contribution in [0.5, 0.6) is 0 Å². The van der Waals surface area contributed by atoms with Gasteiger partial charge >= 0.3 is 0 Å². The van der Waals surface area contributed by atoms with Gasteiger partial charge in [-0.15, -0.1) is 0 Å². The van der Waals surface area contributed by atoms with E-state index in [4.69, 9.17) is 33.0 Å². The van der Waals surface area contributed by atoms with Crippen molar-refractivity contribution in [3.8, 4) is 0 Å². The summed E-state index contributed by atoms with van der Waals surface area (Å²) in [5.41, 5.74) is 1.42. The SMILES string of the molecule is O=C(NCCc1ccccc1Cl)/C(=C/c1ccc(SC(=S)N2CCOCC2)o1)NC(=O)c1ccccc1. The van der Waals surface area contributed by atoms with E-state index in [-0.39, 0.29) is 5.70 Å². The van der Waals surface area contributed by atoms with Gasteiger partial charge in [-0.3, -0.25) is 9.59 Å². The third kappa shape index (κ3) is 7.93. The lowest BCUT2D eigenvalue weighted by molar-refractivity contribution is -0.117. The van der Waals surface area contributed by atoms with Crippen LogP contribution in [0.25, 0.3) is 6.08 Å². The van der Waals surface area contributed by atoms with Gasteiger partial charge in [-0.1, -0.05) is 60.2 Å². The van der Waals surface area contributed by atoms with E-state index in [0.717, 1.165) is 18.7 Å². The van der Waals surface area contributed by atoms with E-state index in [9.17, 15) is 9.59 Å². The molecule has 192 valence electrons. The van der Waals surface area contributed by atoms with Crippen LogP contribution >= 0.6 is 35.6 Å². The Morgan fingerprint density at radius 3 is 2.51 bits per heavy atom. The summed E-state index contributed by atoms with van der Waals surface area (Å²) >= 11 is 13.1. The van der Waals surface area contributed by atoms with E-state index in [1.165, 1.54) is 17.8 Å². The van der Waals surface area contributed by atoms with E-state index in [1.807, 2.05) is 24.3 Å². The Balaban J connectivity index is 1.46. The lowest BCUT2D eigenvalue weighted by Crippen LogP contribution is -2.38. The number of benzene rings is 2. The Kier molecular flexibility index (Phi) is 9.78. The second kappa shape index (κ2) is 13.4. The number of hydrogen-bond acceptors (Lipinski definition) is 6. The largest absolute Gasteiger partial charge is 0.450 e. The first-order valence-electron chi connectivity index (χ1n) is 11.7. The highest BCUT2D eigenvalue weighted by molar-refractivity contribution is 8.22. The standard InChI is InChI=1S/C27H26ClN3O4S2/c28-22-9-5-4-6-19(22)12-13-29-26(33)23(30-25(32)20-7-2-1-3-8-20)18-21-10-11-24(35-21)37-27(36)31-14-16-34-17-15-31/h1-11,18H,12-17H2,(H,29,33)(H,30,32)/b23-18-. The van der Waals surface area contributed by atoms with Crippen LogP contribution < -0.4 is 10.6 Å². The minimum atomic E-state index is -0.439. The predicted octanol–water partition coefficient (Wildman–Crippen LogP) is 4.77. The third-order valence-electron chi connectivity index (χ3n) is 5.51. The molecule has 2 heterocycles. The molecule has 0 radical (unpaired) electrons. The summed E-state index contributed by atoms with van der Waals surface area (Å²) in [5.74, 6) is -0.426. The Morgan fingerprint density at radius 1 is 1.03 bits per heavy atom. The summed E-state index contributed by atoms with van der Waals surface area (Å²) in [4.78, 5) is 27.9. The van der Waals surface area contributed by atoms with E-state index in [2.05, 4.69) is 15.5 Å². The Labute approximate surface area is 230 Å². The van der Waals surface area contributed by atoms with Crippen LogP contribution in [0.1, 0.15) is 21.7 Å². The molecule has 1 aliphatic heterocycles. The highest BCUT2D eigenvalue weighted by Gasteiger charge is 2.18. The van der Waals surface area contributed by atoms with Gasteiger partial charge in [-0.05, 0) is 54.1 Å². The molecule has 1 aromatic heterocycles. The van der Waals surface area contributed by atoms with Crippen molar-refractivity contribution in [3.05, 3.63) is 94.3 Å². The van der Waals surface area contributed by atoms with Crippen molar-refractivity contribution in [2.45, 2.75) is 11.5 Å². The second-order valence-electron chi connectivity index (χ2n) is 8.10. The van der Waals surface area contributed by atoms with Crippen LogP contribution in [0.3, 0.4) is 0 Å². The number of furan rings is 1. The normalized spacial score (nSPS) is 13.8. The minimum absolute atomic E-state index is 0.0645. The van der Waals surface area contributed by atoms with Gasteiger partial charge < -0.3 is 24.7 Å². The van der Waals surface area contributed by atoms with Crippen LogP contribution in [0.2, 0.25) is 5.02 Å². The molecule has 7 nitrogen and oxygen atoms in total. The molecule has 3 aromatic rings. The first-order chi connectivity index (χ1) is 18.0. The lowest BCUT2D eigenvalue weighted by atomic mass is 10.1. The molecule has 0 spiro atoms. The summed E-state index contributed by atoms with van der Waals surface area (Å²) in [7, 11) is 0. The smallest absolute Gasteiger partial charge is 0.267 e. The predicted molar refractivity (Wildman–Crippen MR) is 150 cm³/mol. The molecule has 1 saturated heterocycles. The molecule has 0 bridgehead atoms. The molecule has 2 N–H and O–H groups in total. The Bertz CT molecular complexity index is 1270. The zero-order chi connectivity index (χ0) is 26.0. The average Bonchev–Trinajstić information content (AvgIpc) is 3.36. The van der Waals surface area contributed by atoms with Crippen molar-refractivity contribution >= 4 is 57.8 Å². The van der Waals surface area contributed by atoms with Crippen LogP contribution in [0, 0.1) is 0 Å². The summed E-state index contributed by atoms with van der Waals surface area (Å²) in [5, 5.41) is 6.80. The zero-order valence-corrected chi connectivity index (χ0v) is 22.3. The van der Waals surface area contributed by atoms with E-state index in [1.54, 1.807) is 42.5 Å². The molecule has 0 aliphatic carbocycles. The van der Waals surface area contributed by atoms with Crippen LogP contribution in [-0.4, -0.2) is 53.9 Å². The van der Waals surface area contributed by atoms with E-state index in [0.29, 0.717) is 51.9 Å².